The molecule has 4 unspecified atom stereocenters. The molecule has 0 fully saturated rings. The van der Waals surface area contributed by atoms with Gasteiger partial charge in [0.2, 0.25) is 0 Å². The Labute approximate surface area is 283 Å². The molecular formula is C28H54N6O12P2+2. The van der Waals surface area contributed by atoms with Gasteiger partial charge in [-0.25, -0.2) is 9.13 Å². The van der Waals surface area contributed by atoms with Crippen LogP contribution in [0.3, 0.4) is 0 Å². The average molecular weight is 729 g/mol. The lowest BCUT2D eigenvalue weighted by molar-refractivity contribution is -0.890. The first-order valence-electron chi connectivity index (χ1n) is 15.5. The number of esters is 2. The van der Waals surface area contributed by atoms with E-state index in [1.54, 1.807) is 13.8 Å². The SMILES string of the molecule is CCOP(=O)(O)OCC[N+](C)(C)CCOC(=O)CCC(C)(C#N)N=NC(C)(C#N)CCC(=O)OCC[N+](C)(C)CCOP(=O)(O)OCC. The molecule has 0 spiro atoms. The number of ether oxygens (including phenoxy) is 2. The molecule has 0 aliphatic carbocycles. The van der Waals surface area contributed by atoms with Crippen LogP contribution in [-0.2, 0) is 46.3 Å². The largest absolute Gasteiger partial charge is 0.472 e. The number of likely N-dealkylation sites (N-methyl/N-ethyl adjacent to an activating group) is 2. The van der Waals surface area contributed by atoms with Crippen molar-refractivity contribution in [3.8, 4) is 12.1 Å². The van der Waals surface area contributed by atoms with Crippen molar-refractivity contribution in [1.29, 1.82) is 10.5 Å². The van der Waals surface area contributed by atoms with Gasteiger partial charge in [0.25, 0.3) is 0 Å². The second kappa shape index (κ2) is 21.0. The molecule has 276 valence electrons. The molecule has 0 aromatic carbocycles. The Balaban J connectivity index is 4.72. The summed E-state index contributed by atoms with van der Waals surface area (Å²) in [5.74, 6) is -1.11. The van der Waals surface area contributed by atoms with Gasteiger partial charge in [-0.05, 0) is 40.5 Å². The summed E-state index contributed by atoms with van der Waals surface area (Å²) in [6, 6.07) is 4.01. The molecular weight excluding hydrogens is 674 g/mol. The fraction of sp³-hybridized carbons (Fsp3) is 0.857. The zero-order valence-electron chi connectivity index (χ0n) is 29.5. The standard InChI is InChI=1S/C28H52N6O12P2/c1-9-43-47(37,38)45-21-17-33(5,6)15-19-41-25(35)11-13-27(3,23-29)31-32-28(4,24-30)14-12-26(36)42-20-16-34(7,8)18-22-46-48(39,40)44-10-2/h9-22H2,1-8H3/p+2. The lowest BCUT2D eigenvalue weighted by atomic mass is 9.97. The van der Waals surface area contributed by atoms with Gasteiger partial charge in [-0.3, -0.25) is 27.7 Å². The fourth-order valence-corrected chi connectivity index (χ4v) is 4.98. The molecule has 20 heteroatoms. The highest BCUT2D eigenvalue weighted by Gasteiger charge is 2.31. The second-order valence-corrected chi connectivity index (χ2v) is 15.5. The molecule has 2 N–H and O–H groups in total. The van der Waals surface area contributed by atoms with Crippen LogP contribution >= 0.6 is 15.6 Å². The van der Waals surface area contributed by atoms with E-state index >= 15 is 0 Å². The minimum atomic E-state index is -4.09. The third-order valence-electron chi connectivity index (χ3n) is 7.01. The van der Waals surface area contributed by atoms with Crippen molar-refractivity contribution in [2.45, 2.75) is 64.5 Å². The van der Waals surface area contributed by atoms with Gasteiger partial charge in [0.15, 0.2) is 11.1 Å². The van der Waals surface area contributed by atoms with Gasteiger partial charge >= 0.3 is 27.6 Å². The smallest absolute Gasteiger partial charge is 0.460 e. The number of hydrogen-bond acceptors (Lipinski definition) is 14. The predicted octanol–water partition coefficient (Wildman–Crippen LogP) is 3.11. The van der Waals surface area contributed by atoms with E-state index in [1.807, 2.05) is 40.3 Å². The molecule has 0 amide bonds. The van der Waals surface area contributed by atoms with E-state index in [9.17, 15) is 39.0 Å². The Morgan fingerprint density at radius 3 is 1.27 bits per heavy atom. The van der Waals surface area contributed by atoms with E-state index in [0.717, 1.165) is 0 Å². The molecule has 48 heavy (non-hydrogen) atoms. The maximum atomic E-state index is 12.3. The fourth-order valence-electron chi connectivity index (χ4n) is 3.56. The van der Waals surface area contributed by atoms with Crippen molar-refractivity contribution >= 4 is 27.6 Å². The zero-order valence-corrected chi connectivity index (χ0v) is 31.2. The van der Waals surface area contributed by atoms with Crippen molar-refractivity contribution in [2.24, 2.45) is 10.2 Å². The topological polar surface area (TPSA) is 236 Å². The first-order chi connectivity index (χ1) is 22.1. The molecule has 0 bridgehead atoms. The number of carbonyl (C=O) groups excluding carboxylic acids is 2. The van der Waals surface area contributed by atoms with Crippen LogP contribution in [0.15, 0.2) is 10.2 Å². The average Bonchev–Trinajstić information content (AvgIpc) is 2.97. The number of carbonyl (C=O) groups is 2. The summed E-state index contributed by atoms with van der Waals surface area (Å²) in [4.78, 5) is 43.7. The number of phosphoric ester groups is 2. The van der Waals surface area contributed by atoms with Crippen LogP contribution in [0.1, 0.15) is 53.4 Å². The molecule has 18 nitrogen and oxygen atoms in total. The monoisotopic (exact) mass is 728 g/mol. The quantitative estimate of drug-likeness (QED) is 0.0564. The number of azo groups is 1. The van der Waals surface area contributed by atoms with E-state index in [-0.39, 0.29) is 65.3 Å². The van der Waals surface area contributed by atoms with Gasteiger partial charge in [0.1, 0.15) is 52.6 Å². The molecule has 0 aliphatic heterocycles. The number of quaternary nitrogens is 2. The van der Waals surface area contributed by atoms with Crippen LogP contribution < -0.4 is 0 Å². The van der Waals surface area contributed by atoms with E-state index in [2.05, 4.69) is 19.3 Å². The van der Waals surface area contributed by atoms with Crippen molar-refractivity contribution in [1.82, 2.24) is 0 Å². The number of nitrogens with zero attached hydrogens (tertiary/aromatic N) is 6. The molecule has 0 radical (unpaired) electrons. The number of nitriles is 2. The van der Waals surface area contributed by atoms with E-state index in [1.165, 1.54) is 13.8 Å². The maximum absolute atomic E-state index is 12.3. The molecule has 0 saturated heterocycles. The van der Waals surface area contributed by atoms with Gasteiger partial charge < -0.3 is 28.2 Å². The van der Waals surface area contributed by atoms with Crippen LogP contribution in [0.2, 0.25) is 0 Å². The van der Waals surface area contributed by atoms with Crippen LogP contribution in [0.4, 0.5) is 0 Å². The van der Waals surface area contributed by atoms with Gasteiger partial charge in [0, 0.05) is 12.8 Å². The van der Waals surface area contributed by atoms with Crippen LogP contribution in [0.5, 0.6) is 0 Å². The number of hydrogen-bond donors (Lipinski definition) is 2. The predicted molar refractivity (Wildman–Crippen MR) is 172 cm³/mol. The van der Waals surface area contributed by atoms with Gasteiger partial charge in [-0.2, -0.15) is 20.8 Å². The van der Waals surface area contributed by atoms with E-state index in [0.29, 0.717) is 35.1 Å². The Hall–Kier alpha value is -2.34. The summed E-state index contributed by atoms with van der Waals surface area (Å²) >= 11 is 0. The Bertz CT molecular complexity index is 1150. The molecule has 0 aromatic rings. The summed E-state index contributed by atoms with van der Waals surface area (Å²) in [7, 11) is -0.834. The zero-order chi connectivity index (χ0) is 37.1. The highest BCUT2D eigenvalue weighted by atomic mass is 31.2. The highest BCUT2D eigenvalue weighted by molar-refractivity contribution is 7.47. The summed E-state index contributed by atoms with van der Waals surface area (Å²) in [6.45, 7) is 7.74. The van der Waals surface area contributed by atoms with Gasteiger partial charge in [-0.15, -0.1) is 0 Å². The summed E-state index contributed by atoms with van der Waals surface area (Å²) in [5, 5.41) is 27.5. The highest BCUT2D eigenvalue weighted by Crippen LogP contribution is 2.43. The minimum Gasteiger partial charge on any atom is -0.460 e. The second-order valence-electron chi connectivity index (χ2n) is 12.6. The Morgan fingerprint density at radius 1 is 0.667 bits per heavy atom. The van der Waals surface area contributed by atoms with Gasteiger partial charge in [0.05, 0.1) is 53.5 Å². The minimum absolute atomic E-state index is 0.0226. The van der Waals surface area contributed by atoms with Crippen molar-refractivity contribution in [3.63, 3.8) is 0 Å². The van der Waals surface area contributed by atoms with Crippen molar-refractivity contribution in [3.05, 3.63) is 0 Å². The first kappa shape index (κ1) is 45.7. The van der Waals surface area contributed by atoms with Crippen molar-refractivity contribution < 1.29 is 65.0 Å². The lowest BCUT2D eigenvalue weighted by Gasteiger charge is -2.29. The third kappa shape index (κ3) is 21.6. The summed E-state index contributed by atoms with van der Waals surface area (Å²) < 4.78 is 53.6. The Morgan fingerprint density at radius 2 is 0.979 bits per heavy atom. The summed E-state index contributed by atoms with van der Waals surface area (Å²) in [5.41, 5.74) is -2.86. The molecule has 4 atom stereocenters. The normalized spacial score (nSPS) is 17.2. The number of rotatable bonds is 26. The molecule has 0 saturated carbocycles. The first-order valence-corrected chi connectivity index (χ1v) is 18.5. The molecule has 0 aromatic heterocycles. The van der Waals surface area contributed by atoms with Crippen LogP contribution in [0, 0.1) is 22.7 Å². The van der Waals surface area contributed by atoms with E-state index in [4.69, 9.17) is 18.5 Å². The van der Waals surface area contributed by atoms with Crippen LogP contribution in [0.25, 0.3) is 0 Å². The molecule has 0 heterocycles. The maximum Gasteiger partial charge on any atom is 0.472 e. The third-order valence-corrected chi connectivity index (χ3v) is 9.20. The van der Waals surface area contributed by atoms with Crippen molar-refractivity contribution in [2.75, 3.05) is 94.0 Å². The lowest BCUT2D eigenvalue weighted by Crippen LogP contribution is -2.44. The van der Waals surface area contributed by atoms with Crippen LogP contribution in [-0.4, -0.2) is 136 Å². The van der Waals surface area contributed by atoms with Gasteiger partial charge in [-0.1, -0.05) is 0 Å². The Kier molecular flexibility index (Phi) is 20.0. The number of phosphoric acid groups is 2. The van der Waals surface area contributed by atoms with E-state index < -0.39 is 38.7 Å². The molecule has 0 rings (SSSR count). The molecule has 0 aliphatic rings. The summed E-state index contributed by atoms with van der Waals surface area (Å²) in [6.07, 6.45) is -0.315.